The minimum absolute atomic E-state index is 0.277. The molecule has 0 radical (unpaired) electrons. The number of benzene rings is 3. The number of unbranched alkanes of at least 4 members (excludes halogenated alkanes) is 2. The first-order valence-electron chi connectivity index (χ1n) is 11.7. The number of ether oxygens (including phenoxy) is 1. The van der Waals surface area contributed by atoms with Gasteiger partial charge in [0.05, 0.1) is 23.5 Å². The van der Waals surface area contributed by atoms with E-state index < -0.39 is 5.97 Å². The predicted octanol–water partition coefficient (Wildman–Crippen LogP) is 6.26. The Balaban J connectivity index is 1.31. The fraction of sp³-hybridized carbons (Fsp3) is 0.321. The molecule has 0 atom stereocenters. The van der Waals surface area contributed by atoms with Crippen molar-refractivity contribution in [2.24, 2.45) is 0 Å². The summed E-state index contributed by atoms with van der Waals surface area (Å²) in [6, 6.07) is 24.1. The van der Waals surface area contributed by atoms with Crippen molar-refractivity contribution in [3.8, 4) is 5.75 Å². The number of aryl methyl sites for hydroxylation is 2. The lowest BCUT2D eigenvalue weighted by molar-refractivity contribution is 0.0697. The highest BCUT2D eigenvalue weighted by molar-refractivity contribution is 5.90. The lowest BCUT2D eigenvalue weighted by Crippen LogP contribution is -2.07. The first kappa shape index (κ1) is 24.2. The Kier molecular flexibility index (Phi) is 9.64. The highest BCUT2D eigenvalue weighted by atomic mass is 16.5. The standard InChI is InChI=1S/C28H34N2O3/c1-29-27-21-24(28(31)32)15-18-26(27)30-19-8-12-23-13-16-25(17-14-23)33-20-7-3-6-11-22-9-4-2-5-10-22/h2,4-5,9-10,13-18,21,29-30H,3,6-8,11-12,19-20H2,1H3,(H,31,32). The minimum atomic E-state index is -0.923. The summed E-state index contributed by atoms with van der Waals surface area (Å²) in [7, 11) is 1.79. The van der Waals surface area contributed by atoms with Crippen molar-refractivity contribution >= 4 is 17.3 Å². The van der Waals surface area contributed by atoms with Gasteiger partial charge in [0.15, 0.2) is 0 Å². The molecule has 0 saturated carbocycles. The Morgan fingerprint density at radius 2 is 1.55 bits per heavy atom. The Bertz CT molecular complexity index is 988. The van der Waals surface area contributed by atoms with Gasteiger partial charge in [0.25, 0.3) is 0 Å². The molecule has 0 fully saturated rings. The molecule has 0 amide bonds. The average Bonchev–Trinajstić information content (AvgIpc) is 2.85. The molecule has 3 aromatic carbocycles. The molecule has 0 saturated heterocycles. The van der Waals surface area contributed by atoms with Gasteiger partial charge in [-0.1, -0.05) is 42.5 Å². The molecule has 0 aliphatic carbocycles. The third kappa shape index (κ3) is 8.19. The summed E-state index contributed by atoms with van der Waals surface area (Å²) >= 11 is 0. The van der Waals surface area contributed by atoms with Gasteiger partial charge in [-0.05, 0) is 80.0 Å². The van der Waals surface area contributed by atoms with Crippen molar-refractivity contribution in [2.45, 2.75) is 38.5 Å². The van der Waals surface area contributed by atoms with Gasteiger partial charge in [-0.2, -0.15) is 0 Å². The van der Waals surface area contributed by atoms with Crippen molar-refractivity contribution in [3.05, 3.63) is 89.5 Å². The van der Waals surface area contributed by atoms with E-state index in [-0.39, 0.29) is 5.56 Å². The molecule has 0 bridgehead atoms. The van der Waals surface area contributed by atoms with E-state index in [2.05, 4.69) is 65.2 Å². The number of hydrogen-bond donors (Lipinski definition) is 3. The van der Waals surface area contributed by atoms with Gasteiger partial charge in [0.1, 0.15) is 5.75 Å². The number of aromatic carboxylic acids is 1. The lowest BCUT2D eigenvalue weighted by Gasteiger charge is -2.13. The normalized spacial score (nSPS) is 10.6. The zero-order chi connectivity index (χ0) is 23.3. The maximum Gasteiger partial charge on any atom is 0.335 e. The van der Waals surface area contributed by atoms with Crippen LogP contribution in [0.4, 0.5) is 11.4 Å². The number of carboxylic acids is 1. The Labute approximate surface area is 196 Å². The molecule has 5 heteroatoms. The summed E-state index contributed by atoms with van der Waals surface area (Å²) in [5.74, 6) is 0.00523. The maximum atomic E-state index is 11.1. The van der Waals surface area contributed by atoms with E-state index >= 15 is 0 Å². The van der Waals surface area contributed by atoms with E-state index in [1.165, 1.54) is 24.0 Å². The third-order valence-corrected chi connectivity index (χ3v) is 5.64. The van der Waals surface area contributed by atoms with Crippen molar-refractivity contribution in [1.29, 1.82) is 0 Å². The summed E-state index contributed by atoms with van der Waals surface area (Å²) in [6.07, 6.45) is 6.52. The fourth-order valence-corrected chi connectivity index (χ4v) is 3.75. The van der Waals surface area contributed by atoms with Crippen LogP contribution in [-0.2, 0) is 12.8 Å². The quantitative estimate of drug-likeness (QED) is 0.255. The smallest absolute Gasteiger partial charge is 0.335 e. The first-order valence-corrected chi connectivity index (χ1v) is 11.7. The van der Waals surface area contributed by atoms with Gasteiger partial charge >= 0.3 is 5.97 Å². The van der Waals surface area contributed by atoms with E-state index in [4.69, 9.17) is 9.84 Å². The number of hydrogen-bond acceptors (Lipinski definition) is 4. The Morgan fingerprint density at radius 3 is 2.27 bits per heavy atom. The van der Waals surface area contributed by atoms with E-state index in [1.54, 1.807) is 19.2 Å². The summed E-state index contributed by atoms with van der Waals surface area (Å²) in [6.45, 7) is 1.56. The number of rotatable bonds is 14. The monoisotopic (exact) mass is 446 g/mol. The molecule has 0 aromatic heterocycles. The van der Waals surface area contributed by atoms with Crippen molar-refractivity contribution in [3.63, 3.8) is 0 Å². The second-order valence-corrected chi connectivity index (χ2v) is 8.13. The molecule has 0 heterocycles. The molecule has 3 N–H and O–H groups in total. The number of anilines is 2. The average molecular weight is 447 g/mol. The van der Waals surface area contributed by atoms with Gasteiger partial charge in [0, 0.05) is 13.6 Å². The predicted molar refractivity (Wildman–Crippen MR) is 136 cm³/mol. The van der Waals surface area contributed by atoms with Crippen molar-refractivity contribution in [2.75, 3.05) is 30.8 Å². The highest BCUT2D eigenvalue weighted by Crippen LogP contribution is 2.23. The first-order chi connectivity index (χ1) is 16.2. The number of carboxylic acid groups (broad SMARTS) is 1. The topological polar surface area (TPSA) is 70.6 Å². The van der Waals surface area contributed by atoms with E-state index in [1.807, 2.05) is 6.07 Å². The molecule has 0 spiro atoms. The minimum Gasteiger partial charge on any atom is -0.494 e. The van der Waals surface area contributed by atoms with Crippen LogP contribution < -0.4 is 15.4 Å². The number of nitrogens with one attached hydrogen (secondary N) is 2. The molecule has 0 unspecified atom stereocenters. The van der Waals surface area contributed by atoms with Crippen molar-refractivity contribution in [1.82, 2.24) is 0 Å². The molecule has 3 rings (SSSR count). The molecule has 0 aliphatic heterocycles. The SMILES string of the molecule is CNc1cc(C(=O)O)ccc1NCCCc1ccc(OCCCCCc2ccccc2)cc1. The molecule has 174 valence electrons. The van der Waals surface area contributed by atoms with Gasteiger partial charge in [0.2, 0.25) is 0 Å². The second kappa shape index (κ2) is 13.2. The summed E-state index contributed by atoms with van der Waals surface area (Å²) in [4.78, 5) is 11.1. The maximum absolute atomic E-state index is 11.1. The molecule has 5 nitrogen and oxygen atoms in total. The molecular weight excluding hydrogens is 412 g/mol. The summed E-state index contributed by atoms with van der Waals surface area (Å²) in [5.41, 5.74) is 4.66. The van der Waals surface area contributed by atoms with Crippen LogP contribution in [0.5, 0.6) is 5.75 Å². The molecule has 33 heavy (non-hydrogen) atoms. The van der Waals surface area contributed by atoms with Crippen LogP contribution in [0.25, 0.3) is 0 Å². The molecule has 3 aromatic rings. The van der Waals surface area contributed by atoms with Gasteiger partial charge in [-0.3, -0.25) is 0 Å². The van der Waals surface area contributed by atoms with Crippen molar-refractivity contribution < 1.29 is 14.6 Å². The number of carbonyl (C=O) groups is 1. The zero-order valence-corrected chi connectivity index (χ0v) is 19.3. The van der Waals surface area contributed by atoms with Crippen LogP contribution in [0.15, 0.2) is 72.8 Å². The van der Waals surface area contributed by atoms with Gasteiger partial charge < -0.3 is 20.5 Å². The largest absolute Gasteiger partial charge is 0.494 e. The van der Waals surface area contributed by atoms with Crippen LogP contribution in [0, 0.1) is 0 Å². The van der Waals surface area contributed by atoms with E-state index in [0.29, 0.717) is 0 Å². The fourth-order valence-electron chi connectivity index (χ4n) is 3.75. The Hall–Kier alpha value is -3.47. The lowest BCUT2D eigenvalue weighted by atomic mass is 10.1. The highest BCUT2D eigenvalue weighted by Gasteiger charge is 2.07. The van der Waals surface area contributed by atoms with Crippen LogP contribution in [0.2, 0.25) is 0 Å². The van der Waals surface area contributed by atoms with E-state index in [0.717, 1.165) is 56.0 Å². The van der Waals surface area contributed by atoms with Crippen LogP contribution in [0.3, 0.4) is 0 Å². The molecular formula is C28H34N2O3. The Morgan fingerprint density at radius 1 is 0.818 bits per heavy atom. The van der Waals surface area contributed by atoms with Gasteiger partial charge in [-0.15, -0.1) is 0 Å². The van der Waals surface area contributed by atoms with Gasteiger partial charge in [-0.25, -0.2) is 4.79 Å². The second-order valence-electron chi connectivity index (χ2n) is 8.13. The van der Waals surface area contributed by atoms with Crippen LogP contribution >= 0.6 is 0 Å². The molecule has 0 aliphatic rings. The summed E-state index contributed by atoms with van der Waals surface area (Å²) in [5, 5.41) is 15.6. The third-order valence-electron chi connectivity index (χ3n) is 5.64. The summed E-state index contributed by atoms with van der Waals surface area (Å²) < 4.78 is 5.89. The van der Waals surface area contributed by atoms with Crippen LogP contribution in [0.1, 0.15) is 47.2 Å². The van der Waals surface area contributed by atoms with Crippen LogP contribution in [-0.4, -0.2) is 31.3 Å². The zero-order valence-electron chi connectivity index (χ0n) is 19.3. The van der Waals surface area contributed by atoms with E-state index in [9.17, 15) is 4.79 Å².